The average Bonchev–Trinajstić information content (AvgIpc) is 2.11. The third-order valence-electron chi connectivity index (χ3n) is 2.63. The molecule has 0 aromatic carbocycles. The first-order chi connectivity index (χ1) is 6.17. The van der Waals surface area contributed by atoms with Gasteiger partial charge in [0.2, 0.25) is 0 Å². The van der Waals surface area contributed by atoms with Crippen LogP contribution in [0.4, 0.5) is 0 Å². The van der Waals surface area contributed by atoms with Crippen molar-refractivity contribution in [2.45, 2.75) is 52.5 Å². The number of unbranched alkanes of at least 4 members (excludes halogenated alkanes) is 1. The van der Waals surface area contributed by atoms with Gasteiger partial charge in [0.1, 0.15) is 0 Å². The molecule has 0 aromatic rings. The minimum Gasteiger partial charge on any atom is -0.271 e. The molecule has 0 aliphatic rings. The molecule has 0 saturated heterocycles. The van der Waals surface area contributed by atoms with Crippen molar-refractivity contribution >= 4 is 0 Å². The van der Waals surface area contributed by atoms with Crippen LogP contribution in [0.5, 0.6) is 0 Å². The quantitative estimate of drug-likeness (QED) is 0.362. The Morgan fingerprint density at radius 3 is 2.38 bits per heavy atom. The first kappa shape index (κ1) is 12.7. The highest BCUT2D eigenvalue weighted by atomic mass is 15.2. The zero-order valence-corrected chi connectivity index (χ0v) is 9.27. The summed E-state index contributed by atoms with van der Waals surface area (Å²) < 4.78 is 0. The van der Waals surface area contributed by atoms with Gasteiger partial charge < -0.3 is 0 Å². The molecule has 3 N–H and O–H groups in total. The van der Waals surface area contributed by atoms with Gasteiger partial charge in [0, 0.05) is 6.04 Å². The molecule has 0 bridgehead atoms. The van der Waals surface area contributed by atoms with Crippen LogP contribution in [0.25, 0.3) is 0 Å². The molecule has 78 valence electrons. The Morgan fingerprint density at radius 2 is 2.08 bits per heavy atom. The number of rotatable bonds is 7. The second kappa shape index (κ2) is 7.10. The Labute approximate surface area is 82.6 Å². The van der Waals surface area contributed by atoms with Crippen LogP contribution < -0.4 is 11.3 Å². The minimum absolute atomic E-state index is 0.288. The number of hydrogen-bond acceptors (Lipinski definition) is 2. The van der Waals surface area contributed by atoms with Crippen LogP contribution in [0, 0.1) is 5.92 Å². The van der Waals surface area contributed by atoms with Crippen molar-refractivity contribution in [3.8, 4) is 0 Å². The third-order valence-corrected chi connectivity index (χ3v) is 2.63. The molecule has 2 nitrogen and oxygen atoms in total. The molecule has 2 heteroatoms. The summed E-state index contributed by atoms with van der Waals surface area (Å²) in [7, 11) is 0. The highest BCUT2D eigenvalue weighted by Gasteiger charge is 2.18. The van der Waals surface area contributed by atoms with E-state index >= 15 is 0 Å². The summed E-state index contributed by atoms with van der Waals surface area (Å²) in [5.74, 6) is 6.15. The number of nitrogens with two attached hydrogens (primary N) is 1. The Bertz CT molecular complexity index is 143. The third kappa shape index (κ3) is 4.44. The largest absolute Gasteiger partial charge is 0.271 e. The zero-order chi connectivity index (χ0) is 10.3. The van der Waals surface area contributed by atoms with Crippen molar-refractivity contribution in [1.29, 1.82) is 0 Å². The molecule has 0 amide bonds. The molecule has 0 aromatic heterocycles. The van der Waals surface area contributed by atoms with Gasteiger partial charge in [-0.15, -0.1) is 0 Å². The average molecular weight is 184 g/mol. The summed E-state index contributed by atoms with van der Waals surface area (Å²) in [4.78, 5) is 0. The molecule has 0 fully saturated rings. The second-order valence-electron chi connectivity index (χ2n) is 3.80. The second-order valence-corrected chi connectivity index (χ2v) is 3.80. The number of nitrogens with one attached hydrogen (secondary N) is 1. The summed E-state index contributed by atoms with van der Waals surface area (Å²) in [5.41, 5.74) is 4.01. The minimum atomic E-state index is 0.288. The molecule has 0 aliphatic heterocycles. The lowest BCUT2D eigenvalue weighted by Crippen LogP contribution is -2.41. The molecular weight excluding hydrogens is 160 g/mol. The zero-order valence-electron chi connectivity index (χ0n) is 9.27. The standard InChI is InChI=1S/C11H24N2/c1-5-7-8-10(6-2)11(13-12)9(3)4/h10-11,13H,3,5-8,12H2,1-2,4H3. The molecule has 0 radical (unpaired) electrons. The first-order valence-electron chi connectivity index (χ1n) is 5.28. The van der Waals surface area contributed by atoms with Crippen molar-refractivity contribution in [2.75, 3.05) is 0 Å². The topological polar surface area (TPSA) is 38.0 Å². The lowest BCUT2D eigenvalue weighted by molar-refractivity contribution is 0.354. The van der Waals surface area contributed by atoms with E-state index in [1.54, 1.807) is 0 Å². The summed E-state index contributed by atoms with van der Waals surface area (Å²) in [6.45, 7) is 10.4. The van der Waals surface area contributed by atoms with Crippen molar-refractivity contribution in [3.05, 3.63) is 12.2 Å². The van der Waals surface area contributed by atoms with Crippen molar-refractivity contribution < 1.29 is 0 Å². The Balaban J connectivity index is 4.08. The fourth-order valence-electron chi connectivity index (χ4n) is 1.75. The smallest absolute Gasteiger partial charge is 0.0442 e. The molecule has 0 aliphatic carbocycles. The summed E-state index contributed by atoms with van der Waals surface area (Å²) >= 11 is 0. The molecule has 2 atom stereocenters. The lowest BCUT2D eigenvalue weighted by Gasteiger charge is -2.25. The molecule has 2 unspecified atom stereocenters. The van der Waals surface area contributed by atoms with Crippen LogP contribution in [0.15, 0.2) is 12.2 Å². The fraction of sp³-hybridized carbons (Fsp3) is 0.818. The van der Waals surface area contributed by atoms with Gasteiger partial charge in [-0.05, 0) is 19.3 Å². The maximum Gasteiger partial charge on any atom is 0.0442 e. The van der Waals surface area contributed by atoms with Crippen LogP contribution in [-0.4, -0.2) is 6.04 Å². The molecule has 0 saturated carbocycles. The maximum atomic E-state index is 5.51. The van der Waals surface area contributed by atoms with Crippen molar-refractivity contribution in [3.63, 3.8) is 0 Å². The van der Waals surface area contributed by atoms with E-state index in [1.165, 1.54) is 25.7 Å². The van der Waals surface area contributed by atoms with Crippen molar-refractivity contribution in [1.82, 2.24) is 5.43 Å². The highest BCUT2D eigenvalue weighted by Crippen LogP contribution is 2.20. The maximum absolute atomic E-state index is 5.51. The van der Waals surface area contributed by atoms with Crippen LogP contribution in [0.3, 0.4) is 0 Å². The van der Waals surface area contributed by atoms with Gasteiger partial charge in [-0.25, -0.2) is 0 Å². The van der Waals surface area contributed by atoms with Gasteiger partial charge in [-0.1, -0.05) is 45.3 Å². The summed E-state index contributed by atoms with van der Waals surface area (Å²) in [6.07, 6.45) is 4.95. The Kier molecular flexibility index (Phi) is 6.92. The number of hydrogen-bond donors (Lipinski definition) is 2. The van der Waals surface area contributed by atoms with E-state index in [0.717, 1.165) is 5.57 Å². The molecule has 0 rings (SSSR count). The van der Waals surface area contributed by atoms with Gasteiger partial charge in [0.05, 0.1) is 0 Å². The summed E-state index contributed by atoms with van der Waals surface area (Å²) in [5, 5.41) is 0. The van der Waals surface area contributed by atoms with Gasteiger partial charge in [0.15, 0.2) is 0 Å². The normalized spacial score (nSPS) is 15.4. The van der Waals surface area contributed by atoms with E-state index in [9.17, 15) is 0 Å². The molecule has 0 spiro atoms. The first-order valence-corrected chi connectivity index (χ1v) is 5.28. The van der Waals surface area contributed by atoms with Crippen LogP contribution >= 0.6 is 0 Å². The van der Waals surface area contributed by atoms with Crippen LogP contribution in [0.2, 0.25) is 0 Å². The Morgan fingerprint density at radius 1 is 1.46 bits per heavy atom. The van der Waals surface area contributed by atoms with Crippen LogP contribution in [-0.2, 0) is 0 Å². The molecule has 0 heterocycles. The van der Waals surface area contributed by atoms with Gasteiger partial charge >= 0.3 is 0 Å². The SMILES string of the molecule is C=C(C)C(NN)C(CC)CCCC. The van der Waals surface area contributed by atoms with Crippen LogP contribution in [0.1, 0.15) is 46.5 Å². The predicted molar refractivity (Wildman–Crippen MR) is 59.2 cm³/mol. The highest BCUT2D eigenvalue weighted by molar-refractivity contribution is 5.03. The van der Waals surface area contributed by atoms with Gasteiger partial charge in [0.25, 0.3) is 0 Å². The van der Waals surface area contributed by atoms with Gasteiger partial charge in [-0.2, -0.15) is 0 Å². The Hall–Kier alpha value is -0.340. The predicted octanol–water partition coefficient (Wildman–Crippen LogP) is 2.61. The molecule has 13 heavy (non-hydrogen) atoms. The number of hydrazine groups is 1. The van der Waals surface area contributed by atoms with E-state index in [2.05, 4.69) is 25.9 Å². The molecular formula is C11H24N2. The lowest BCUT2D eigenvalue weighted by atomic mass is 9.88. The fourth-order valence-corrected chi connectivity index (χ4v) is 1.75. The van der Waals surface area contributed by atoms with E-state index in [1.807, 2.05) is 6.92 Å². The van der Waals surface area contributed by atoms with Crippen molar-refractivity contribution in [2.24, 2.45) is 11.8 Å². The van der Waals surface area contributed by atoms with E-state index in [-0.39, 0.29) is 6.04 Å². The van der Waals surface area contributed by atoms with E-state index in [4.69, 9.17) is 5.84 Å². The van der Waals surface area contributed by atoms with E-state index < -0.39 is 0 Å². The van der Waals surface area contributed by atoms with Gasteiger partial charge in [-0.3, -0.25) is 11.3 Å². The summed E-state index contributed by atoms with van der Waals surface area (Å²) in [6, 6.07) is 0.288. The monoisotopic (exact) mass is 184 g/mol. The van der Waals surface area contributed by atoms with E-state index in [0.29, 0.717) is 5.92 Å².